The number of thiophene rings is 1. The summed E-state index contributed by atoms with van der Waals surface area (Å²) in [5, 5.41) is 1.92. The second kappa shape index (κ2) is 3.27. The Morgan fingerprint density at radius 2 is 2.00 bits per heavy atom. The summed E-state index contributed by atoms with van der Waals surface area (Å²) in [5.74, 6) is 0.0943. The average molecular weight is 183 g/mol. The number of hydrogen-bond donors (Lipinski definition) is 0. The highest BCUT2D eigenvalue weighted by molar-refractivity contribution is 7.10. The SMILES string of the molecule is Cc1scc(C(=O)N(C)C)c1C. The number of hydrogen-bond acceptors (Lipinski definition) is 2. The summed E-state index contributed by atoms with van der Waals surface area (Å²) in [6.07, 6.45) is 0. The van der Waals surface area contributed by atoms with E-state index >= 15 is 0 Å². The fourth-order valence-electron chi connectivity index (χ4n) is 0.965. The molecule has 0 radical (unpaired) electrons. The van der Waals surface area contributed by atoms with Crippen molar-refractivity contribution >= 4 is 17.2 Å². The molecule has 1 rings (SSSR count). The molecule has 3 heteroatoms. The van der Waals surface area contributed by atoms with Gasteiger partial charge in [0, 0.05) is 24.4 Å². The van der Waals surface area contributed by atoms with E-state index in [1.165, 1.54) is 4.88 Å². The number of amides is 1. The molecule has 66 valence electrons. The molecule has 0 atom stereocenters. The summed E-state index contributed by atoms with van der Waals surface area (Å²) >= 11 is 1.63. The van der Waals surface area contributed by atoms with E-state index in [4.69, 9.17) is 0 Å². The van der Waals surface area contributed by atoms with Crippen LogP contribution in [0.25, 0.3) is 0 Å². The Morgan fingerprint density at radius 1 is 1.42 bits per heavy atom. The minimum Gasteiger partial charge on any atom is -0.345 e. The zero-order valence-corrected chi connectivity index (χ0v) is 8.66. The molecule has 1 aromatic heterocycles. The van der Waals surface area contributed by atoms with Crippen LogP contribution in [0, 0.1) is 13.8 Å². The van der Waals surface area contributed by atoms with Gasteiger partial charge in [-0.3, -0.25) is 4.79 Å². The summed E-state index contributed by atoms with van der Waals surface area (Å²) in [7, 11) is 3.55. The Hall–Kier alpha value is -0.830. The van der Waals surface area contributed by atoms with Gasteiger partial charge < -0.3 is 4.90 Å². The maximum Gasteiger partial charge on any atom is 0.254 e. The predicted octanol–water partition coefficient (Wildman–Crippen LogP) is 2.07. The van der Waals surface area contributed by atoms with Gasteiger partial charge in [-0.2, -0.15) is 0 Å². The molecular formula is C9H13NOS. The zero-order valence-electron chi connectivity index (χ0n) is 7.84. The van der Waals surface area contributed by atoms with Crippen LogP contribution in [-0.2, 0) is 0 Å². The van der Waals surface area contributed by atoms with E-state index in [0.29, 0.717) is 0 Å². The van der Waals surface area contributed by atoms with Crippen LogP contribution in [0.4, 0.5) is 0 Å². The van der Waals surface area contributed by atoms with Crippen LogP contribution in [0.3, 0.4) is 0 Å². The highest BCUT2D eigenvalue weighted by Crippen LogP contribution is 2.21. The number of carbonyl (C=O) groups is 1. The van der Waals surface area contributed by atoms with Crippen molar-refractivity contribution in [3.63, 3.8) is 0 Å². The summed E-state index contributed by atoms with van der Waals surface area (Å²) < 4.78 is 0. The van der Waals surface area contributed by atoms with Crippen molar-refractivity contribution < 1.29 is 4.79 Å². The number of nitrogens with zero attached hydrogens (tertiary/aromatic N) is 1. The van der Waals surface area contributed by atoms with Crippen molar-refractivity contribution in [2.24, 2.45) is 0 Å². The fraction of sp³-hybridized carbons (Fsp3) is 0.444. The van der Waals surface area contributed by atoms with Gasteiger partial charge in [0.15, 0.2) is 0 Å². The summed E-state index contributed by atoms with van der Waals surface area (Å²) in [5.41, 5.74) is 1.95. The molecule has 0 spiro atoms. The Kier molecular flexibility index (Phi) is 2.52. The lowest BCUT2D eigenvalue weighted by atomic mass is 10.1. The molecule has 12 heavy (non-hydrogen) atoms. The number of rotatable bonds is 1. The van der Waals surface area contributed by atoms with E-state index in [2.05, 4.69) is 0 Å². The van der Waals surface area contributed by atoms with Gasteiger partial charge in [-0.15, -0.1) is 11.3 Å². The van der Waals surface area contributed by atoms with Gasteiger partial charge in [-0.25, -0.2) is 0 Å². The first kappa shape index (κ1) is 9.26. The number of carbonyl (C=O) groups excluding carboxylic acids is 1. The van der Waals surface area contributed by atoms with Crippen molar-refractivity contribution in [3.8, 4) is 0 Å². The maximum atomic E-state index is 11.5. The molecule has 0 saturated carbocycles. The van der Waals surface area contributed by atoms with E-state index in [0.717, 1.165) is 11.1 Å². The monoisotopic (exact) mass is 183 g/mol. The first-order valence-corrected chi connectivity index (χ1v) is 4.68. The second-order valence-electron chi connectivity index (χ2n) is 3.03. The van der Waals surface area contributed by atoms with E-state index < -0.39 is 0 Å². The van der Waals surface area contributed by atoms with Crippen molar-refractivity contribution in [2.75, 3.05) is 14.1 Å². The topological polar surface area (TPSA) is 20.3 Å². The van der Waals surface area contributed by atoms with Gasteiger partial charge >= 0.3 is 0 Å². The van der Waals surface area contributed by atoms with Crippen molar-refractivity contribution in [3.05, 3.63) is 21.4 Å². The molecule has 0 unspecified atom stereocenters. The largest absolute Gasteiger partial charge is 0.345 e. The Balaban J connectivity index is 3.04. The normalized spacial score (nSPS) is 10.0. The quantitative estimate of drug-likeness (QED) is 0.652. The third kappa shape index (κ3) is 1.50. The van der Waals surface area contributed by atoms with Crippen LogP contribution in [0.5, 0.6) is 0 Å². The van der Waals surface area contributed by atoms with Gasteiger partial charge in [0.1, 0.15) is 0 Å². The molecular weight excluding hydrogens is 170 g/mol. The summed E-state index contributed by atoms with van der Waals surface area (Å²) in [6.45, 7) is 4.02. The fourth-order valence-corrected chi connectivity index (χ4v) is 1.82. The minimum atomic E-state index is 0.0943. The van der Waals surface area contributed by atoms with Crippen LogP contribution >= 0.6 is 11.3 Å². The van der Waals surface area contributed by atoms with Crippen molar-refractivity contribution in [1.29, 1.82) is 0 Å². The zero-order chi connectivity index (χ0) is 9.30. The highest BCUT2D eigenvalue weighted by atomic mass is 32.1. The molecule has 0 aliphatic heterocycles. The van der Waals surface area contributed by atoms with E-state index in [-0.39, 0.29) is 5.91 Å². The van der Waals surface area contributed by atoms with Gasteiger partial charge in [0.05, 0.1) is 5.56 Å². The number of aryl methyl sites for hydroxylation is 1. The molecule has 0 saturated heterocycles. The average Bonchev–Trinajstić information content (AvgIpc) is 2.32. The van der Waals surface area contributed by atoms with Crippen molar-refractivity contribution in [1.82, 2.24) is 4.90 Å². The molecule has 1 aromatic rings. The molecule has 0 aromatic carbocycles. The van der Waals surface area contributed by atoms with Crippen LogP contribution in [0.1, 0.15) is 20.8 Å². The van der Waals surface area contributed by atoms with Crippen LogP contribution < -0.4 is 0 Å². The molecule has 2 nitrogen and oxygen atoms in total. The molecule has 0 aliphatic carbocycles. The second-order valence-corrected chi connectivity index (χ2v) is 4.11. The predicted molar refractivity (Wildman–Crippen MR) is 51.8 cm³/mol. The Morgan fingerprint density at radius 3 is 2.33 bits per heavy atom. The maximum absolute atomic E-state index is 11.5. The van der Waals surface area contributed by atoms with Crippen LogP contribution in [0.15, 0.2) is 5.38 Å². The third-order valence-corrected chi connectivity index (χ3v) is 2.94. The van der Waals surface area contributed by atoms with Gasteiger partial charge in [0.2, 0.25) is 0 Å². The standard InChI is InChI=1S/C9H13NOS/c1-6-7(2)12-5-8(6)9(11)10(3)4/h5H,1-4H3. The Bertz CT molecular complexity index is 301. The van der Waals surface area contributed by atoms with Crippen LogP contribution in [-0.4, -0.2) is 24.9 Å². The van der Waals surface area contributed by atoms with Gasteiger partial charge in [-0.05, 0) is 19.4 Å². The first-order valence-electron chi connectivity index (χ1n) is 3.80. The molecule has 0 bridgehead atoms. The van der Waals surface area contributed by atoms with Gasteiger partial charge in [0.25, 0.3) is 5.91 Å². The van der Waals surface area contributed by atoms with E-state index in [1.54, 1.807) is 30.3 Å². The lowest BCUT2D eigenvalue weighted by Crippen LogP contribution is -2.21. The van der Waals surface area contributed by atoms with Crippen molar-refractivity contribution in [2.45, 2.75) is 13.8 Å². The molecule has 1 amide bonds. The molecule has 0 fully saturated rings. The Labute approximate surface area is 76.8 Å². The molecule has 0 N–H and O–H groups in total. The van der Waals surface area contributed by atoms with E-state index in [9.17, 15) is 4.79 Å². The molecule has 0 aliphatic rings. The minimum absolute atomic E-state index is 0.0943. The highest BCUT2D eigenvalue weighted by Gasteiger charge is 2.13. The first-order chi connectivity index (χ1) is 5.54. The molecule has 1 heterocycles. The van der Waals surface area contributed by atoms with Gasteiger partial charge in [-0.1, -0.05) is 0 Å². The smallest absolute Gasteiger partial charge is 0.254 e. The summed E-state index contributed by atoms with van der Waals surface area (Å²) in [4.78, 5) is 14.3. The summed E-state index contributed by atoms with van der Waals surface area (Å²) in [6, 6.07) is 0. The van der Waals surface area contributed by atoms with Crippen LogP contribution in [0.2, 0.25) is 0 Å². The van der Waals surface area contributed by atoms with E-state index in [1.807, 2.05) is 19.2 Å². The lowest BCUT2D eigenvalue weighted by Gasteiger charge is -2.09. The lowest BCUT2D eigenvalue weighted by molar-refractivity contribution is 0.0827. The third-order valence-electron chi connectivity index (χ3n) is 1.92.